The molecule has 0 fully saturated rings. The van der Waals surface area contributed by atoms with Gasteiger partial charge in [-0.25, -0.2) is 0 Å². The van der Waals surface area contributed by atoms with Gasteiger partial charge in [0.05, 0.1) is 5.41 Å². The minimum absolute atomic E-state index is 0.445. The van der Waals surface area contributed by atoms with Crippen molar-refractivity contribution in [3.8, 4) is 67.1 Å². The molecule has 9 aromatic carbocycles. The Hall–Kier alpha value is -6.70. The molecule has 240 valence electrons. The maximum absolute atomic E-state index is 6.74. The van der Waals surface area contributed by atoms with E-state index < -0.39 is 5.41 Å². The molecular formula is C51H30O. The molecule has 1 atom stereocenters. The van der Waals surface area contributed by atoms with Crippen molar-refractivity contribution < 1.29 is 4.74 Å². The summed E-state index contributed by atoms with van der Waals surface area (Å²) in [5.74, 6) is 1.80. The van der Waals surface area contributed by atoms with Gasteiger partial charge in [0.15, 0.2) is 0 Å². The van der Waals surface area contributed by atoms with Gasteiger partial charge >= 0.3 is 0 Å². The molecule has 52 heavy (non-hydrogen) atoms. The summed E-state index contributed by atoms with van der Waals surface area (Å²) in [4.78, 5) is 0. The van der Waals surface area contributed by atoms with Crippen LogP contribution in [0.2, 0.25) is 0 Å². The van der Waals surface area contributed by atoms with Crippen molar-refractivity contribution in [2.24, 2.45) is 0 Å². The Bertz CT molecular complexity index is 2990. The second-order valence-electron chi connectivity index (χ2n) is 14.3. The average Bonchev–Trinajstić information content (AvgIpc) is 3.69. The summed E-state index contributed by atoms with van der Waals surface area (Å²) >= 11 is 0. The van der Waals surface area contributed by atoms with E-state index in [-0.39, 0.29) is 0 Å². The van der Waals surface area contributed by atoms with E-state index in [1.54, 1.807) is 0 Å². The molecule has 1 aliphatic heterocycles. The summed E-state index contributed by atoms with van der Waals surface area (Å²) in [6, 6.07) is 67.2. The zero-order valence-corrected chi connectivity index (χ0v) is 28.2. The SMILES string of the molecule is c1ccc(-c2cc3c4c(cccc4c2-c2cccc4c2-c2ccccc2C42c4ccccc4-c4c2ccc2ccccc42)-c2ccccc2O3)cc1. The lowest BCUT2D eigenvalue weighted by atomic mass is 9.70. The van der Waals surface area contributed by atoms with Gasteiger partial charge in [0.2, 0.25) is 0 Å². The van der Waals surface area contributed by atoms with Crippen molar-refractivity contribution in [1.82, 2.24) is 0 Å². The summed E-state index contributed by atoms with van der Waals surface area (Å²) in [6.45, 7) is 0. The Labute approximate surface area is 302 Å². The molecule has 0 saturated carbocycles. The molecule has 12 rings (SSSR count). The van der Waals surface area contributed by atoms with Crippen LogP contribution in [0.15, 0.2) is 182 Å². The zero-order chi connectivity index (χ0) is 34.0. The Kier molecular flexibility index (Phi) is 5.49. The Balaban J connectivity index is 1.24. The molecule has 0 aromatic heterocycles. The lowest BCUT2D eigenvalue weighted by molar-refractivity contribution is 0.487. The van der Waals surface area contributed by atoms with Gasteiger partial charge < -0.3 is 4.74 Å². The maximum atomic E-state index is 6.74. The predicted molar refractivity (Wildman–Crippen MR) is 214 cm³/mol. The number of fused-ring (bicyclic) bond motifs is 14. The van der Waals surface area contributed by atoms with Crippen molar-refractivity contribution in [1.29, 1.82) is 0 Å². The fourth-order valence-electron chi connectivity index (χ4n) is 9.95. The number of hydrogen-bond acceptors (Lipinski definition) is 1. The number of rotatable bonds is 2. The molecule has 1 heteroatoms. The smallest absolute Gasteiger partial charge is 0.136 e. The minimum Gasteiger partial charge on any atom is -0.456 e. The molecule has 1 unspecified atom stereocenters. The molecule has 1 heterocycles. The Morgan fingerprint density at radius 1 is 0.327 bits per heavy atom. The molecule has 0 radical (unpaired) electrons. The van der Waals surface area contributed by atoms with E-state index in [0.29, 0.717) is 0 Å². The second kappa shape index (κ2) is 10.2. The van der Waals surface area contributed by atoms with Gasteiger partial charge in [0.1, 0.15) is 11.5 Å². The molecule has 0 amide bonds. The van der Waals surface area contributed by atoms with Gasteiger partial charge in [-0.3, -0.25) is 0 Å². The van der Waals surface area contributed by atoms with Gasteiger partial charge in [-0.05, 0) is 101 Å². The van der Waals surface area contributed by atoms with Gasteiger partial charge in [0, 0.05) is 10.9 Å². The molecule has 0 N–H and O–H groups in total. The third-order valence-corrected chi connectivity index (χ3v) is 11.9. The highest BCUT2D eigenvalue weighted by Gasteiger charge is 2.52. The molecule has 0 saturated heterocycles. The summed E-state index contributed by atoms with van der Waals surface area (Å²) in [5, 5.41) is 4.95. The maximum Gasteiger partial charge on any atom is 0.136 e. The van der Waals surface area contributed by atoms with E-state index in [4.69, 9.17) is 4.74 Å². The fourth-order valence-corrected chi connectivity index (χ4v) is 9.95. The first-order valence-corrected chi connectivity index (χ1v) is 18.1. The van der Waals surface area contributed by atoms with Gasteiger partial charge in [0.25, 0.3) is 0 Å². The number of para-hydroxylation sites is 1. The van der Waals surface area contributed by atoms with Gasteiger partial charge in [-0.1, -0.05) is 170 Å². The minimum atomic E-state index is -0.445. The van der Waals surface area contributed by atoms with Crippen LogP contribution in [0.1, 0.15) is 22.3 Å². The van der Waals surface area contributed by atoms with E-state index in [1.807, 2.05) is 0 Å². The third kappa shape index (κ3) is 3.43. The van der Waals surface area contributed by atoms with E-state index >= 15 is 0 Å². The Morgan fingerprint density at radius 3 is 1.77 bits per heavy atom. The number of ether oxygens (including phenoxy) is 1. The lowest BCUT2D eigenvalue weighted by Gasteiger charge is -2.31. The quantitative estimate of drug-likeness (QED) is 0.180. The zero-order valence-electron chi connectivity index (χ0n) is 28.2. The van der Waals surface area contributed by atoms with Crippen molar-refractivity contribution in [3.05, 3.63) is 204 Å². The van der Waals surface area contributed by atoms with E-state index in [2.05, 4.69) is 182 Å². The molecule has 2 aliphatic carbocycles. The molecular weight excluding hydrogens is 629 g/mol. The molecule has 1 nitrogen and oxygen atoms in total. The van der Waals surface area contributed by atoms with Crippen LogP contribution in [0.25, 0.3) is 77.2 Å². The lowest BCUT2D eigenvalue weighted by Crippen LogP contribution is -2.25. The summed E-state index contributed by atoms with van der Waals surface area (Å²) in [7, 11) is 0. The summed E-state index contributed by atoms with van der Waals surface area (Å²) < 4.78 is 6.74. The monoisotopic (exact) mass is 658 g/mol. The van der Waals surface area contributed by atoms with Crippen molar-refractivity contribution in [3.63, 3.8) is 0 Å². The first kappa shape index (κ1) is 28.0. The molecule has 9 aromatic rings. The first-order chi connectivity index (χ1) is 25.8. The predicted octanol–water partition coefficient (Wildman–Crippen LogP) is 13.4. The standard InChI is InChI=1S/C51H30O/c1-2-14-31(15-3-1)40-30-46-50-35(34-18-8-11-27-45(34)52-46)21-12-22-39(50)47(40)38-23-13-26-43-49(38)37-20-7-10-25-42(37)51(43)41-24-9-6-19-36(41)48-33-17-5-4-16-32(33)28-29-44(48)51/h1-30H. The normalized spacial score (nSPS) is 15.5. The van der Waals surface area contributed by atoms with E-state index in [9.17, 15) is 0 Å². The van der Waals surface area contributed by atoms with Crippen LogP contribution in [0, 0.1) is 0 Å². The van der Waals surface area contributed by atoms with Crippen LogP contribution in [-0.4, -0.2) is 0 Å². The van der Waals surface area contributed by atoms with Crippen molar-refractivity contribution in [2.45, 2.75) is 5.41 Å². The average molecular weight is 659 g/mol. The molecule has 3 aliphatic rings. The second-order valence-corrected chi connectivity index (χ2v) is 14.3. The van der Waals surface area contributed by atoms with E-state index in [1.165, 1.54) is 88.5 Å². The third-order valence-electron chi connectivity index (χ3n) is 11.9. The van der Waals surface area contributed by atoms with Crippen LogP contribution in [0.5, 0.6) is 11.5 Å². The summed E-state index contributed by atoms with van der Waals surface area (Å²) in [6.07, 6.45) is 0. The highest BCUT2D eigenvalue weighted by molar-refractivity contribution is 6.16. The van der Waals surface area contributed by atoms with Crippen LogP contribution >= 0.6 is 0 Å². The summed E-state index contributed by atoms with van der Waals surface area (Å²) in [5.41, 5.74) is 17.4. The van der Waals surface area contributed by atoms with Crippen LogP contribution < -0.4 is 4.74 Å². The van der Waals surface area contributed by atoms with Crippen molar-refractivity contribution in [2.75, 3.05) is 0 Å². The van der Waals surface area contributed by atoms with Crippen LogP contribution in [-0.2, 0) is 5.41 Å². The van der Waals surface area contributed by atoms with Crippen LogP contribution in [0.4, 0.5) is 0 Å². The van der Waals surface area contributed by atoms with E-state index in [0.717, 1.165) is 22.4 Å². The molecule has 0 bridgehead atoms. The molecule has 1 spiro atoms. The largest absolute Gasteiger partial charge is 0.456 e. The number of hydrogen-bond donors (Lipinski definition) is 0. The first-order valence-electron chi connectivity index (χ1n) is 18.1. The van der Waals surface area contributed by atoms with Crippen molar-refractivity contribution >= 4 is 21.5 Å². The Morgan fingerprint density at radius 2 is 0.923 bits per heavy atom. The highest BCUT2D eigenvalue weighted by Crippen LogP contribution is 2.65. The van der Waals surface area contributed by atoms with Gasteiger partial charge in [-0.2, -0.15) is 0 Å². The fraction of sp³-hybridized carbons (Fsp3) is 0.0196. The number of benzene rings is 9. The van der Waals surface area contributed by atoms with Crippen LogP contribution in [0.3, 0.4) is 0 Å². The highest BCUT2D eigenvalue weighted by atomic mass is 16.5. The van der Waals surface area contributed by atoms with Gasteiger partial charge in [-0.15, -0.1) is 0 Å². The topological polar surface area (TPSA) is 9.23 Å².